The number of ketones is 1. The zero-order valence-corrected chi connectivity index (χ0v) is 17.5. The average Bonchev–Trinajstić information content (AvgIpc) is 3.34. The monoisotopic (exact) mass is 447 g/mol. The highest BCUT2D eigenvalue weighted by Crippen LogP contribution is 2.44. The van der Waals surface area contributed by atoms with Gasteiger partial charge in [0, 0.05) is 18.0 Å². The van der Waals surface area contributed by atoms with E-state index in [1.165, 1.54) is 22.4 Å². The number of anilines is 1. The summed E-state index contributed by atoms with van der Waals surface area (Å²) >= 11 is 7.55. The number of aliphatic hydroxyl groups excluding tert-OH is 1. The number of Topliss-reactive ketones (excluding diaryl/α,β-unsaturated/α-hetero) is 1. The Morgan fingerprint density at radius 2 is 1.87 bits per heavy atom. The van der Waals surface area contributed by atoms with Crippen LogP contribution in [-0.2, 0) is 4.79 Å². The number of carbonyl (C=O) groups is 2. The quantitative estimate of drug-likeness (QED) is 0.438. The Labute approximate surface area is 186 Å². The van der Waals surface area contributed by atoms with Crippen molar-refractivity contribution in [3.63, 3.8) is 0 Å². The maximum atomic E-state index is 13.3. The van der Waals surface area contributed by atoms with Crippen molar-refractivity contribution < 1.29 is 14.7 Å². The predicted molar refractivity (Wildman–Crippen MR) is 120 cm³/mol. The van der Waals surface area contributed by atoms with Crippen molar-refractivity contribution in [2.45, 2.75) is 6.04 Å². The van der Waals surface area contributed by atoms with Crippen LogP contribution in [0, 0.1) is 0 Å². The first-order valence-electron chi connectivity index (χ1n) is 9.37. The van der Waals surface area contributed by atoms with E-state index in [0.29, 0.717) is 21.2 Å². The molecule has 0 bridgehead atoms. The van der Waals surface area contributed by atoms with Crippen LogP contribution in [0.4, 0.5) is 5.13 Å². The number of benzene rings is 2. The fourth-order valence-corrected chi connectivity index (χ4v) is 4.94. The summed E-state index contributed by atoms with van der Waals surface area (Å²) in [6.07, 6.45) is 2.96. The maximum absolute atomic E-state index is 13.3. The molecule has 0 spiro atoms. The summed E-state index contributed by atoms with van der Waals surface area (Å²) < 4.78 is 0.800. The van der Waals surface area contributed by atoms with E-state index in [4.69, 9.17) is 11.6 Å². The van der Waals surface area contributed by atoms with Gasteiger partial charge in [0.25, 0.3) is 5.91 Å². The lowest BCUT2D eigenvalue weighted by atomic mass is 9.93. The molecule has 3 heterocycles. The number of aromatic nitrogens is 2. The minimum absolute atomic E-state index is 0.00504. The first-order chi connectivity index (χ1) is 15.1. The van der Waals surface area contributed by atoms with Crippen molar-refractivity contribution >= 4 is 50.0 Å². The third-order valence-corrected chi connectivity index (χ3v) is 6.38. The molecule has 1 aliphatic rings. The van der Waals surface area contributed by atoms with Crippen molar-refractivity contribution in [1.29, 1.82) is 0 Å². The van der Waals surface area contributed by atoms with Gasteiger partial charge >= 0.3 is 0 Å². The van der Waals surface area contributed by atoms with Gasteiger partial charge in [-0.1, -0.05) is 59.3 Å². The van der Waals surface area contributed by atoms with Crippen molar-refractivity contribution in [2.24, 2.45) is 0 Å². The summed E-state index contributed by atoms with van der Waals surface area (Å²) in [6.45, 7) is 0. The zero-order valence-electron chi connectivity index (χ0n) is 15.9. The van der Waals surface area contributed by atoms with Crippen LogP contribution in [0.25, 0.3) is 10.2 Å². The number of hydrogen-bond acceptors (Lipinski definition) is 6. The van der Waals surface area contributed by atoms with Gasteiger partial charge < -0.3 is 5.11 Å². The molecule has 6 nitrogen and oxygen atoms in total. The zero-order chi connectivity index (χ0) is 21.5. The molecule has 2 aromatic heterocycles. The first kappa shape index (κ1) is 19.4. The third-order valence-electron chi connectivity index (χ3n) is 5.06. The second-order valence-corrected chi connectivity index (χ2v) is 8.32. The number of rotatable bonds is 4. The highest BCUT2D eigenvalue weighted by Gasteiger charge is 2.45. The molecular weight excluding hydrogens is 434 g/mol. The number of thiazole rings is 1. The number of aliphatic hydroxyl groups is 1. The Balaban J connectivity index is 1.69. The van der Waals surface area contributed by atoms with E-state index in [2.05, 4.69) is 9.97 Å². The number of amides is 1. The van der Waals surface area contributed by atoms with E-state index < -0.39 is 23.5 Å². The lowest BCUT2D eigenvalue weighted by molar-refractivity contribution is -0.117. The van der Waals surface area contributed by atoms with E-state index in [1.54, 1.807) is 42.6 Å². The van der Waals surface area contributed by atoms with Crippen molar-refractivity contribution in [1.82, 2.24) is 9.97 Å². The van der Waals surface area contributed by atoms with Crippen molar-refractivity contribution in [3.8, 4) is 0 Å². The summed E-state index contributed by atoms with van der Waals surface area (Å²) in [7, 11) is 0. The van der Waals surface area contributed by atoms with Gasteiger partial charge in [-0.3, -0.25) is 19.5 Å². The topological polar surface area (TPSA) is 83.4 Å². The Bertz CT molecular complexity index is 1350. The number of halogens is 1. The van der Waals surface area contributed by atoms with Gasteiger partial charge in [-0.25, -0.2) is 4.98 Å². The van der Waals surface area contributed by atoms with Crippen LogP contribution in [-0.4, -0.2) is 26.8 Å². The number of para-hydroxylation sites is 1. The Morgan fingerprint density at radius 1 is 1.06 bits per heavy atom. The molecule has 1 amide bonds. The summed E-state index contributed by atoms with van der Waals surface area (Å²) in [5, 5.41) is 11.6. The number of nitrogens with zero attached hydrogens (tertiary/aromatic N) is 3. The molecule has 1 N–H and O–H groups in total. The van der Waals surface area contributed by atoms with Crippen LogP contribution in [0.2, 0.25) is 5.02 Å². The van der Waals surface area contributed by atoms with Crippen LogP contribution in [0.15, 0.2) is 84.4 Å². The first-order valence-corrected chi connectivity index (χ1v) is 10.6. The SMILES string of the molecule is O=C(C1=C(O)C(=O)N(c2nc3c(Cl)cccc3s2)C1c1ccccc1)c1cccnc1. The largest absolute Gasteiger partial charge is 0.503 e. The molecule has 1 unspecified atom stereocenters. The number of fused-ring (bicyclic) bond motifs is 1. The molecule has 1 atom stereocenters. The molecular formula is C23H14ClN3O3S. The van der Waals surface area contributed by atoms with Gasteiger partial charge in [-0.2, -0.15) is 0 Å². The smallest absolute Gasteiger partial charge is 0.296 e. The molecule has 8 heteroatoms. The molecule has 31 heavy (non-hydrogen) atoms. The van der Waals surface area contributed by atoms with Crippen LogP contribution in [0.3, 0.4) is 0 Å². The lowest BCUT2D eigenvalue weighted by Gasteiger charge is -2.24. The summed E-state index contributed by atoms with van der Waals surface area (Å²) in [5.41, 5.74) is 1.52. The van der Waals surface area contributed by atoms with Crippen LogP contribution >= 0.6 is 22.9 Å². The highest BCUT2D eigenvalue weighted by molar-refractivity contribution is 7.22. The summed E-state index contributed by atoms with van der Waals surface area (Å²) in [5.74, 6) is -1.74. The van der Waals surface area contributed by atoms with Gasteiger partial charge in [0.1, 0.15) is 5.52 Å². The van der Waals surface area contributed by atoms with E-state index in [0.717, 1.165) is 4.70 Å². The predicted octanol–water partition coefficient (Wildman–Crippen LogP) is 5.13. The van der Waals surface area contributed by atoms with E-state index in [1.807, 2.05) is 24.3 Å². The lowest BCUT2D eigenvalue weighted by Crippen LogP contribution is -2.30. The fourth-order valence-electron chi connectivity index (χ4n) is 3.64. The Hall–Kier alpha value is -3.55. The van der Waals surface area contributed by atoms with Gasteiger partial charge in [0.05, 0.1) is 21.3 Å². The molecule has 4 aromatic rings. The number of hydrogen-bond donors (Lipinski definition) is 1. The second-order valence-electron chi connectivity index (χ2n) is 6.90. The summed E-state index contributed by atoms with van der Waals surface area (Å²) in [6, 6.07) is 16.9. The minimum Gasteiger partial charge on any atom is -0.503 e. The molecule has 0 saturated heterocycles. The molecule has 2 aromatic carbocycles. The molecule has 152 valence electrons. The maximum Gasteiger partial charge on any atom is 0.296 e. The normalized spacial score (nSPS) is 16.4. The third kappa shape index (κ3) is 3.19. The highest BCUT2D eigenvalue weighted by atomic mass is 35.5. The molecule has 5 rings (SSSR count). The summed E-state index contributed by atoms with van der Waals surface area (Å²) in [4.78, 5) is 36.4. The molecule has 0 aliphatic carbocycles. The van der Waals surface area contributed by atoms with Crippen LogP contribution < -0.4 is 4.90 Å². The van der Waals surface area contributed by atoms with Gasteiger partial charge in [0.2, 0.25) is 0 Å². The van der Waals surface area contributed by atoms with E-state index in [9.17, 15) is 14.7 Å². The molecule has 0 saturated carbocycles. The van der Waals surface area contributed by atoms with Crippen molar-refractivity contribution in [2.75, 3.05) is 4.90 Å². The fraction of sp³-hybridized carbons (Fsp3) is 0.0435. The van der Waals surface area contributed by atoms with Gasteiger partial charge in [-0.05, 0) is 29.8 Å². The second kappa shape index (κ2) is 7.61. The Morgan fingerprint density at radius 3 is 2.58 bits per heavy atom. The number of carbonyl (C=O) groups excluding carboxylic acids is 2. The van der Waals surface area contributed by atoms with Crippen LogP contribution in [0.5, 0.6) is 0 Å². The van der Waals surface area contributed by atoms with Gasteiger partial charge in [-0.15, -0.1) is 0 Å². The van der Waals surface area contributed by atoms with Gasteiger partial charge in [0.15, 0.2) is 16.7 Å². The molecule has 1 aliphatic heterocycles. The Kier molecular flexibility index (Phi) is 4.77. The molecule has 0 radical (unpaired) electrons. The van der Waals surface area contributed by atoms with E-state index in [-0.39, 0.29) is 11.1 Å². The minimum atomic E-state index is -0.833. The van der Waals surface area contributed by atoms with E-state index >= 15 is 0 Å². The standard InChI is InChI=1S/C23H14ClN3O3S/c24-15-9-4-10-16-18(15)26-23(31-16)27-19(13-6-2-1-3-7-13)17(21(29)22(27)30)20(28)14-8-5-11-25-12-14/h1-12,19,29H. The molecule has 0 fully saturated rings. The average molecular weight is 448 g/mol. The van der Waals surface area contributed by atoms with Crippen molar-refractivity contribution in [3.05, 3.63) is 101 Å². The number of pyridine rings is 1. The van der Waals surface area contributed by atoms with Crippen LogP contribution in [0.1, 0.15) is 22.0 Å².